The molecule has 0 aliphatic rings. The highest BCUT2D eigenvalue weighted by Crippen LogP contribution is 2.19. The largest absolute Gasteiger partial charge is 0.494 e. The lowest BCUT2D eigenvalue weighted by molar-refractivity contribution is 0.0934. The van der Waals surface area contributed by atoms with Gasteiger partial charge >= 0.3 is 0 Å². The van der Waals surface area contributed by atoms with Crippen molar-refractivity contribution >= 4 is 17.4 Å². The zero-order chi connectivity index (χ0) is 19.1. The second-order valence-corrected chi connectivity index (χ2v) is 5.99. The van der Waals surface area contributed by atoms with E-state index in [1.54, 1.807) is 12.1 Å². The summed E-state index contributed by atoms with van der Waals surface area (Å²) in [5, 5.41) is 14.2. The maximum absolute atomic E-state index is 12.3. The van der Waals surface area contributed by atoms with Crippen LogP contribution in [-0.2, 0) is 0 Å². The van der Waals surface area contributed by atoms with E-state index in [-0.39, 0.29) is 17.6 Å². The maximum Gasteiger partial charge on any atom is 0.272 e. The van der Waals surface area contributed by atoms with Crippen molar-refractivity contribution in [3.05, 3.63) is 78.0 Å². The van der Waals surface area contributed by atoms with Gasteiger partial charge in [0.1, 0.15) is 5.75 Å². The molecule has 0 aliphatic heterocycles. The highest BCUT2D eigenvalue weighted by molar-refractivity contribution is 5.92. The molecule has 6 heteroatoms. The predicted molar refractivity (Wildman–Crippen MR) is 105 cm³/mol. The topological polar surface area (TPSA) is 76.1 Å². The number of ether oxygens (including phenoxy) is 1. The van der Waals surface area contributed by atoms with Gasteiger partial charge in [0, 0.05) is 5.69 Å². The van der Waals surface area contributed by atoms with Gasteiger partial charge in [-0.25, -0.2) is 0 Å². The van der Waals surface area contributed by atoms with E-state index in [2.05, 4.69) is 20.8 Å². The molecule has 3 rings (SSSR count). The summed E-state index contributed by atoms with van der Waals surface area (Å²) in [6, 6.07) is 20.6. The Bertz CT molecular complexity index is 865. The molecule has 0 saturated carbocycles. The Labute approximate surface area is 158 Å². The summed E-state index contributed by atoms with van der Waals surface area (Å²) < 4.78 is 5.42. The molecule has 1 unspecified atom stereocenters. The fraction of sp³-hybridized carbons (Fsp3) is 0.190. The quantitative estimate of drug-likeness (QED) is 0.661. The summed E-state index contributed by atoms with van der Waals surface area (Å²) in [4.78, 5) is 12.3. The van der Waals surface area contributed by atoms with Gasteiger partial charge in [-0.3, -0.25) is 4.79 Å². The third-order valence-corrected chi connectivity index (χ3v) is 3.98. The molecule has 2 N–H and O–H groups in total. The third-order valence-electron chi connectivity index (χ3n) is 3.98. The average Bonchev–Trinajstić information content (AvgIpc) is 2.71. The van der Waals surface area contributed by atoms with E-state index in [0.717, 1.165) is 17.0 Å². The molecule has 1 heterocycles. The Balaban J connectivity index is 1.60. The number of benzene rings is 2. The number of carbonyl (C=O) groups is 1. The molecule has 1 aromatic heterocycles. The molecule has 0 bridgehead atoms. The van der Waals surface area contributed by atoms with Crippen LogP contribution >= 0.6 is 0 Å². The number of aromatic nitrogens is 2. The van der Waals surface area contributed by atoms with E-state index in [4.69, 9.17) is 4.74 Å². The van der Waals surface area contributed by atoms with Crippen LogP contribution in [0.1, 0.15) is 35.9 Å². The molecule has 6 nitrogen and oxygen atoms in total. The van der Waals surface area contributed by atoms with Crippen molar-refractivity contribution in [1.29, 1.82) is 0 Å². The number of hydrogen-bond acceptors (Lipinski definition) is 5. The van der Waals surface area contributed by atoms with Crippen LogP contribution in [0.25, 0.3) is 0 Å². The number of nitrogens with one attached hydrogen (secondary N) is 2. The second-order valence-electron chi connectivity index (χ2n) is 5.99. The summed E-state index contributed by atoms with van der Waals surface area (Å²) >= 11 is 0. The summed E-state index contributed by atoms with van der Waals surface area (Å²) in [5.41, 5.74) is 2.17. The third kappa shape index (κ3) is 5.04. The monoisotopic (exact) mass is 362 g/mol. The molecule has 0 radical (unpaired) electrons. The average molecular weight is 362 g/mol. The highest BCUT2D eigenvalue weighted by Gasteiger charge is 2.13. The van der Waals surface area contributed by atoms with Gasteiger partial charge in [0.2, 0.25) is 0 Å². The summed E-state index contributed by atoms with van der Waals surface area (Å²) in [6.07, 6.45) is 0. The fourth-order valence-electron chi connectivity index (χ4n) is 2.56. The minimum atomic E-state index is -0.258. The van der Waals surface area contributed by atoms with Crippen LogP contribution in [0.15, 0.2) is 66.7 Å². The smallest absolute Gasteiger partial charge is 0.272 e. The van der Waals surface area contributed by atoms with Crippen molar-refractivity contribution in [2.45, 2.75) is 19.9 Å². The molecule has 0 fully saturated rings. The number of anilines is 2. The Hall–Kier alpha value is -3.41. The molecule has 0 aliphatic carbocycles. The minimum Gasteiger partial charge on any atom is -0.494 e. The van der Waals surface area contributed by atoms with Crippen LogP contribution < -0.4 is 15.4 Å². The molecule has 3 aromatic rings. The van der Waals surface area contributed by atoms with Crippen molar-refractivity contribution in [1.82, 2.24) is 15.5 Å². The molecule has 1 amide bonds. The van der Waals surface area contributed by atoms with Crippen molar-refractivity contribution < 1.29 is 9.53 Å². The van der Waals surface area contributed by atoms with Gasteiger partial charge in [-0.1, -0.05) is 30.3 Å². The van der Waals surface area contributed by atoms with Gasteiger partial charge in [-0.15, -0.1) is 10.2 Å². The van der Waals surface area contributed by atoms with Gasteiger partial charge in [0.15, 0.2) is 11.5 Å². The number of carbonyl (C=O) groups excluding carboxylic acids is 1. The van der Waals surface area contributed by atoms with Crippen LogP contribution in [0.2, 0.25) is 0 Å². The molecule has 27 heavy (non-hydrogen) atoms. The van der Waals surface area contributed by atoms with Gasteiger partial charge in [0.25, 0.3) is 5.91 Å². The van der Waals surface area contributed by atoms with E-state index < -0.39 is 0 Å². The Morgan fingerprint density at radius 1 is 1.00 bits per heavy atom. The first-order chi connectivity index (χ1) is 13.2. The van der Waals surface area contributed by atoms with Gasteiger partial charge < -0.3 is 15.4 Å². The van der Waals surface area contributed by atoms with Gasteiger partial charge in [0.05, 0.1) is 12.6 Å². The zero-order valence-electron chi connectivity index (χ0n) is 15.3. The van der Waals surface area contributed by atoms with Crippen molar-refractivity contribution in [3.63, 3.8) is 0 Å². The molecular weight excluding hydrogens is 340 g/mol. The first-order valence-corrected chi connectivity index (χ1v) is 8.85. The molecule has 1 atom stereocenters. The van der Waals surface area contributed by atoms with E-state index in [0.29, 0.717) is 12.4 Å². The number of rotatable bonds is 7. The maximum atomic E-state index is 12.3. The number of amides is 1. The Kier molecular flexibility index (Phi) is 5.99. The lowest BCUT2D eigenvalue weighted by atomic mass is 10.1. The van der Waals surface area contributed by atoms with Crippen molar-refractivity contribution in [2.24, 2.45) is 0 Å². The minimum absolute atomic E-state index is 0.109. The summed E-state index contributed by atoms with van der Waals surface area (Å²) in [6.45, 7) is 4.51. The Morgan fingerprint density at radius 2 is 1.74 bits per heavy atom. The van der Waals surface area contributed by atoms with Gasteiger partial charge in [-0.2, -0.15) is 0 Å². The highest BCUT2D eigenvalue weighted by atomic mass is 16.5. The molecule has 138 valence electrons. The number of hydrogen-bond donors (Lipinski definition) is 2. The molecular formula is C21H22N4O2. The van der Waals surface area contributed by atoms with Crippen LogP contribution in [0.3, 0.4) is 0 Å². The van der Waals surface area contributed by atoms with Crippen molar-refractivity contribution in [3.8, 4) is 5.75 Å². The summed E-state index contributed by atoms with van der Waals surface area (Å²) in [7, 11) is 0. The van der Waals surface area contributed by atoms with E-state index in [1.807, 2.05) is 68.4 Å². The number of nitrogens with zero attached hydrogens (tertiary/aromatic N) is 2. The zero-order valence-corrected chi connectivity index (χ0v) is 15.3. The second kappa shape index (κ2) is 8.80. The predicted octanol–water partition coefficient (Wildman–Crippen LogP) is 4.11. The molecule has 2 aromatic carbocycles. The SMILES string of the molecule is CCOc1ccc(Nc2ccc(C(=O)NC(C)c3ccccc3)nn2)cc1. The standard InChI is InChI=1S/C21H22N4O2/c1-3-27-18-11-9-17(10-12-18)23-20-14-13-19(24-25-20)21(26)22-15(2)16-7-5-4-6-8-16/h4-15H,3H2,1-2H3,(H,22,26)(H,23,25). The van der Waals surface area contributed by atoms with E-state index in [1.165, 1.54) is 0 Å². The van der Waals surface area contributed by atoms with Gasteiger partial charge in [-0.05, 0) is 55.8 Å². The van der Waals surface area contributed by atoms with Crippen LogP contribution in [0, 0.1) is 0 Å². The van der Waals surface area contributed by atoms with E-state index >= 15 is 0 Å². The molecule has 0 spiro atoms. The normalized spacial score (nSPS) is 11.5. The van der Waals surface area contributed by atoms with Crippen LogP contribution in [0.4, 0.5) is 11.5 Å². The lowest BCUT2D eigenvalue weighted by Gasteiger charge is -2.13. The molecule has 0 saturated heterocycles. The first kappa shape index (κ1) is 18.4. The summed E-state index contributed by atoms with van der Waals surface area (Å²) in [5.74, 6) is 1.12. The fourth-order valence-corrected chi connectivity index (χ4v) is 2.56. The lowest BCUT2D eigenvalue weighted by Crippen LogP contribution is -2.27. The Morgan fingerprint density at radius 3 is 2.37 bits per heavy atom. The van der Waals surface area contributed by atoms with Crippen LogP contribution in [-0.4, -0.2) is 22.7 Å². The van der Waals surface area contributed by atoms with Crippen molar-refractivity contribution in [2.75, 3.05) is 11.9 Å². The van der Waals surface area contributed by atoms with E-state index in [9.17, 15) is 4.79 Å². The first-order valence-electron chi connectivity index (χ1n) is 8.85. The van der Waals surface area contributed by atoms with Crippen LogP contribution in [0.5, 0.6) is 5.75 Å².